The Hall–Kier alpha value is -1.21. The van der Waals surface area contributed by atoms with E-state index >= 15 is 0 Å². The third kappa shape index (κ3) is 3.39. The van der Waals surface area contributed by atoms with Gasteiger partial charge in [-0.1, -0.05) is 18.3 Å². The zero-order valence-corrected chi connectivity index (χ0v) is 11.4. The predicted molar refractivity (Wildman–Crippen MR) is 75.4 cm³/mol. The minimum Gasteiger partial charge on any atom is -0.388 e. The standard InChI is InChI=1S/C11H15N3O2S2/c12-11(17)9-2-1-3-10(14-9)13-6-8-4-5-18(15,16)7-8/h1-3,8H,4-7H2,(H2,12,17)(H,13,14). The first-order chi connectivity index (χ1) is 8.46. The quantitative estimate of drug-likeness (QED) is 0.786. The Kier molecular flexibility index (Phi) is 3.82. The Balaban J connectivity index is 1.95. The molecule has 7 heteroatoms. The van der Waals surface area contributed by atoms with E-state index in [2.05, 4.69) is 10.3 Å². The van der Waals surface area contributed by atoms with Crippen molar-refractivity contribution < 1.29 is 8.42 Å². The first kappa shape index (κ1) is 13.2. The van der Waals surface area contributed by atoms with Crippen LogP contribution in [-0.4, -0.2) is 36.4 Å². The number of rotatable bonds is 4. The van der Waals surface area contributed by atoms with Crippen LogP contribution in [-0.2, 0) is 9.84 Å². The first-order valence-corrected chi connectivity index (χ1v) is 7.90. The highest BCUT2D eigenvalue weighted by molar-refractivity contribution is 7.91. The monoisotopic (exact) mass is 285 g/mol. The number of nitrogens with zero attached hydrogens (tertiary/aromatic N) is 1. The highest BCUT2D eigenvalue weighted by Crippen LogP contribution is 2.18. The number of pyridine rings is 1. The van der Waals surface area contributed by atoms with Crippen molar-refractivity contribution in [3.8, 4) is 0 Å². The lowest BCUT2D eigenvalue weighted by Crippen LogP contribution is -2.17. The molecule has 1 saturated heterocycles. The van der Waals surface area contributed by atoms with Crippen LogP contribution in [0.5, 0.6) is 0 Å². The van der Waals surface area contributed by atoms with Gasteiger partial charge in [0.2, 0.25) is 0 Å². The largest absolute Gasteiger partial charge is 0.388 e. The van der Waals surface area contributed by atoms with Gasteiger partial charge in [-0.2, -0.15) is 0 Å². The van der Waals surface area contributed by atoms with Crippen molar-refractivity contribution >= 4 is 32.9 Å². The summed E-state index contributed by atoms with van der Waals surface area (Å²) >= 11 is 4.85. The highest BCUT2D eigenvalue weighted by Gasteiger charge is 2.27. The number of nitrogens with two attached hydrogens (primary N) is 1. The van der Waals surface area contributed by atoms with E-state index in [4.69, 9.17) is 18.0 Å². The lowest BCUT2D eigenvalue weighted by molar-refractivity contribution is 0.595. The van der Waals surface area contributed by atoms with E-state index in [1.54, 1.807) is 6.07 Å². The number of anilines is 1. The fourth-order valence-electron chi connectivity index (χ4n) is 1.95. The summed E-state index contributed by atoms with van der Waals surface area (Å²) in [6.45, 7) is 0.604. The summed E-state index contributed by atoms with van der Waals surface area (Å²) in [4.78, 5) is 4.49. The summed E-state index contributed by atoms with van der Waals surface area (Å²) < 4.78 is 22.6. The predicted octanol–water partition coefficient (Wildman–Crippen LogP) is 0.562. The van der Waals surface area contributed by atoms with E-state index in [-0.39, 0.29) is 16.7 Å². The third-order valence-electron chi connectivity index (χ3n) is 2.90. The van der Waals surface area contributed by atoms with Crippen LogP contribution in [0.2, 0.25) is 0 Å². The molecule has 18 heavy (non-hydrogen) atoms. The van der Waals surface area contributed by atoms with Gasteiger partial charge in [0.1, 0.15) is 10.8 Å². The Morgan fingerprint density at radius 1 is 1.56 bits per heavy atom. The van der Waals surface area contributed by atoms with Crippen LogP contribution in [0.15, 0.2) is 18.2 Å². The molecule has 0 saturated carbocycles. The molecular formula is C11H15N3O2S2. The van der Waals surface area contributed by atoms with Gasteiger partial charge in [-0.3, -0.25) is 0 Å². The van der Waals surface area contributed by atoms with Crippen molar-refractivity contribution in [3.05, 3.63) is 23.9 Å². The van der Waals surface area contributed by atoms with E-state index in [1.165, 1.54) is 0 Å². The second-order valence-corrected chi connectivity index (χ2v) is 7.09. The molecule has 2 heterocycles. The number of sulfone groups is 1. The Morgan fingerprint density at radius 3 is 2.94 bits per heavy atom. The van der Waals surface area contributed by atoms with Crippen LogP contribution in [0, 0.1) is 5.92 Å². The minimum absolute atomic E-state index is 0.158. The average molecular weight is 285 g/mol. The molecular weight excluding hydrogens is 270 g/mol. The highest BCUT2D eigenvalue weighted by atomic mass is 32.2. The average Bonchev–Trinajstić information content (AvgIpc) is 2.67. The van der Waals surface area contributed by atoms with Gasteiger partial charge in [0.15, 0.2) is 9.84 Å². The Labute approximate surface area is 112 Å². The van der Waals surface area contributed by atoms with E-state index in [1.807, 2.05) is 12.1 Å². The molecule has 2 rings (SSSR count). The van der Waals surface area contributed by atoms with Gasteiger partial charge < -0.3 is 11.1 Å². The molecule has 5 nitrogen and oxygen atoms in total. The molecule has 3 N–H and O–H groups in total. The lowest BCUT2D eigenvalue weighted by Gasteiger charge is -2.10. The maximum absolute atomic E-state index is 11.3. The summed E-state index contributed by atoms with van der Waals surface area (Å²) in [6, 6.07) is 5.37. The summed E-state index contributed by atoms with van der Waals surface area (Å²) in [5.74, 6) is 1.38. The topological polar surface area (TPSA) is 85.1 Å². The molecule has 1 aliphatic heterocycles. The summed E-state index contributed by atoms with van der Waals surface area (Å²) in [7, 11) is -2.82. The van der Waals surface area contributed by atoms with Gasteiger partial charge in [-0.05, 0) is 24.5 Å². The molecule has 1 aromatic rings. The van der Waals surface area contributed by atoms with Crippen molar-refractivity contribution in [2.24, 2.45) is 11.7 Å². The zero-order valence-electron chi connectivity index (χ0n) is 9.80. The fourth-order valence-corrected chi connectivity index (χ4v) is 3.93. The molecule has 1 atom stereocenters. The van der Waals surface area contributed by atoms with Gasteiger partial charge in [-0.15, -0.1) is 0 Å². The maximum Gasteiger partial charge on any atom is 0.150 e. The van der Waals surface area contributed by atoms with E-state index < -0.39 is 9.84 Å². The molecule has 0 bridgehead atoms. The number of nitrogens with one attached hydrogen (secondary N) is 1. The molecule has 0 aliphatic carbocycles. The van der Waals surface area contributed by atoms with Crippen LogP contribution in [0.4, 0.5) is 5.82 Å². The van der Waals surface area contributed by atoms with Gasteiger partial charge >= 0.3 is 0 Å². The number of hydrogen-bond donors (Lipinski definition) is 2. The van der Waals surface area contributed by atoms with E-state index in [0.717, 1.165) is 0 Å². The normalized spacial score (nSPS) is 21.7. The van der Waals surface area contributed by atoms with Gasteiger partial charge in [0.25, 0.3) is 0 Å². The van der Waals surface area contributed by atoms with Crippen molar-refractivity contribution in [1.29, 1.82) is 0 Å². The lowest BCUT2D eigenvalue weighted by atomic mass is 10.1. The van der Waals surface area contributed by atoms with Crippen LogP contribution >= 0.6 is 12.2 Å². The summed E-state index contributed by atoms with van der Waals surface area (Å²) in [6.07, 6.45) is 0.713. The van der Waals surface area contributed by atoms with Crippen molar-refractivity contribution in [3.63, 3.8) is 0 Å². The third-order valence-corrected chi connectivity index (χ3v) is 4.95. The first-order valence-electron chi connectivity index (χ1n) is 5.67. The fraction of sp³-hybridized carbons (Fsp3) is 0.455. The number of thiocarbonyl (C=S) groups is 1. The Bertz CT molecular complexity index is 557. The van der Waals surface area contributed by atoms with E-state index in [0.29, 0.717) is 30.2 Å². The number of hydrogen-bond acceptors (Lipinski definition) is 5. The molecule has 1 unspecified atom stereocenters. The molecule has 0 amide bonds. The second-order valence-electron chi connectivity index (χ2n) is 4.42. The molecule has 98 valence electrons. The van der Waals surface area contributed by atoms with Crippen molar-refractivity contribution in [2.45, 2.75) is 6.42 Å². The van der Waals surface area contributed by atoms with Crippen molar-refractivity contribution in [1.82, 2.24) is 4.98 Å². The van der Waals surface area contributed by atoms with Crippen LogP contribution < -0.4 is 11.1 Å². The van der Waals surface area contributed by atoms with Crippen LogP contribution in [0.1, 0.15) is 12.1 Å². The van der Waals surface area contributed by atoms with Gasteiger partial charge in [-0.25, -0.2) is 13.4 Å². The van der Waals surface area contributed by atoms with E-state index in [9.17, 15) is 8.42 Å². The molecule has 0 radical (unpaired) electrons. The number of aromatic nitrogens is 1. The van der Waals surface area contributed by atoms with Gasteiger partial charge in [0, 0.05) is 6.54 Å². The summed E-state index contributed by atoms with van der Waals surface area (Å²) in [5, 5.41) is 3.13. The molecule has 0 spiro atoms. The van der Waals surface area contributed by atoms with Crippen LogP contribution in [0.3, 0.4) is 0 Å². The Morgan fingerprint density at radius 2 is 2.33 bits per heavy atom. The molecule has 1 fully saturated rings. The molecule has 0 aromatic carbocycles. The van der Waals surface area contributed by atoms with Crippen molar-refractivity contribution in [2.75, 3.05) is 23.4 Å². The van der Waals surface area contributed by atoms with Crippen LogP contribution in [0.25, 0.3) is 0 Å². The maximum atomic E-state index is 11.3. The van der Waals surface area contributed by atoms with Gasteiger partial charge in [0.05, 0.1) is 17.2 Å². The second kappa shape index (κ2) is 5.19. The summed E-state index contributed by atoms with van der Waals surface area (Å²) in [5.41, 5.74) is 6.06. The smallest absolute Gasteiger partial charge is 0.150 e. The molecule has 1 aromatic heterocycles. The zero-order chi connectivity index (χ0) is 13.2. The SMILES string of the molecule is NC(=S)c1cccc(NCC2CCS(=O)(=O)C2)n1. The minimum atomic E-state index is -2.82. The molecule has 1 aliphatic rings.